The molecule has 1 aliphatic heterocycles. The van der Waals surface area contributed by atoms with Gasteiger partial charge in [-0.25, -0.2) is 0 Å². The van der Waals surface area contributed by atoms with Crippen molar-refractivity contribution in [3.63, 3.8) is 0 Å². The van der Waals surface area contributed by atoms with Crippen LogP contribution in [0.5, 0.6) is 0 Å². The molecule has 5 atom stereocenters. The van der Waals surface area contributed by atoms with Gasteiger partial charge >= 0.3 is 5.97 Å². The Kier molecular flexibility index (Phi) is 8.05. The Hall–Kier alpha value is -1.08. The van der Waals surface area contributed by atoms with Gasteiger partial charge in [0.1, 0.15) is 14.0 Å². The van der Waals surface area contributed by atoms with E-state index in [0.717, 1.165) is 0 Å². The van der Waals surface area contributed by atoms with Crippen molar-refractivity contribution < 1.29 is 23.8 Å². The van der Waals surface area contributed by atoms with Crippen molar-refractivity contribution in [3.8, 4) is 0 Å². The highest BCUT2D eigenvalue weighted by Gasteiger charge is 2.45. The SMILES string of the molecule is [B][C@@H]1O[C@H](CC)C(OC(=O)CCC(=O)NC)[C@@H]1O[C@H](C)C(C)C. The van der Waals surface area contributed by atoms with E-state index in [1.807, 2.05) is 27.7 Å². The molecule has 0 aromatic carbocycles. The van der Waals surface area contributed by atoms with Crippen molar-refractivity contribution in [2.45, 2.75) is 77.4 Å². The molecule has 1 unspecified atom stereocenters. The Morgan fingerprint density at radius 3 is 2.39 bits per heavy atom. The van der Waals surface area contributed by atoms with Gasteiger partial charge in [-0.15, -0.1) is 0 Å². The highest BCUT2D eigenvalue weighted by atomic mass is 16.6. The summed E-state index contributed by atoms with van der Waals surface area (Å²) >= 11 is 0. The third-order valence-corrected chi connectivity index (χ3v) is 4.16. The molecule has 1 heterocycles. The average Bonchev–Trinajstić information content (AvgIpc) is 2.80. The van der Waals surface area contributed by atoms with Crippen LogP contribution < -0.4 is 5.32 Å². The lowest BCUT2D eigenvalue weighted by molar-refractivity contribution is -0.161. The van der Waals surface area contributed by atoms with Crippen LogP contribution in [-0.4, -0.2) is 57.2 Å². The van der Waals surface area contributed by atoms with E-state index >= 15 is 0 Å². The third kappa shape index (κ3) is 5.81. The van der Waals surface area contributed by atoms with Crippen LogP contribution in [0.15, 0.2) is 0 Å². The van der Waals surface area contributed by atoms with Gasteiger partial charge in [0.2, 0.25) is 5.91 Å². The Bertz CT molecular complexity index is 404. The standard InChI is InChI=1S/C16H28BNO5/c1-6-11-14(23-13(20)8-7-12(19)18-5)15(16(17)22-11)21-10(4)9(2)3/h9-11,14-16H,6-8H2,1-5H3,(H,18,19)/t10-,11-,14?,15+,16-/m1/s1. The number of esters is 1. The molecule has 2 radical (unpaired) electrons. The summed E-state index contributed by atoms with van der Waals surface area (Å²) in [4.78, 5) is 23.2. The second-order valence-corrected chi connectivity index (χ2v) is 6.22. The predicted molar refractivity (Wildman–Crippen MR) is 87.1 cm³/mol. The smallest absolute Gasteiger partial charge is 0.306 e. The van der Waals surface area contributed by atoms with Crippen LogP contribution in [0.3, 0.4) is 0 Å². The van der Waals surface area contributed by atoms with E-state index in [9.17, 15) is 9.59 Å². The van der Waals surface area contributed by atoms with E-state index in [4.69, 9.17) is 22.1 Å². The molecule has 1 N–H and O–H groups in total. The molecule has 0 aromatic rings. The van der Waals surface area contributed by atoms with Crippen molar-refractivity contribution in [1.82, 2.24) is 5.32 Å². The number of rotatable bonds is 8. The molecule has 1 fully saturated rings. The fourth-order valence-electron chi connectivity index (χ4n) is 2.34. The van der Waals surface area contributed by atoms with Crippen LogP contribution in [0.2, 0.25) is 0 Å². The summed E-state index contributed by atoms with van der Waals surface area (Å²) in [6.07, 6.45) is -0.587. The maximum Gasteiger partial charge on any atom is 0.306 e. The van der Waals surface area contributed by atoms with Crippen LogP contribution in [-0.2, 0) is 23.8 Å². The zero-order valence-corrected chi connectivity index (χ0v) is 14.7. The molecule has 1 aliphatic rings. The van der Waals surface area contributed by atoms with Crippen LogP contribution in [0.1, 0.15) is 47.0 Å². The van der Waals surface area contributed by atoms with Crippen LogP contribution in [0.4, 0.5) is 0 Å². The summed E-state index contributed by atoms with van der Waals surface area (Å²) in [5, 5.41) is 2.47. The van der Waals surface area contributed by atoms with Crippen LogP contribution >= 0.6 is 0 Å². The molecule has 130 valence electrons. The van der Waals surface area contributed by atoms with E-state index < -0.39 is 24.2 Å². The largest absolute Gasteiger partial charge is 0.457 e. The van der Waals surface area contributed by atoms with Gasteiger partial charge in [-0.3, -0.25) is 9.59 Å². The first-order valence-corrected chi connectivity index (χ1v) is 8.26. The van der Waals surface area contributed by atoms with Crippen molar-refractivity contribution in [2.24, 2.45) is 5.92 Å². The van der Waals surface area contributed by atoms with Crippen molar-refractivity contribution in [1.29, 1.82) is 0 Å². The van der Waals surface area contributed by atoms with E-state index in [2.05, 4.69) is 5.32 Å². The van der Waals surface area contributed by atoms with Crippen LogP contribution in [0.25, 0.3) is 0 Å². The first-order valence-electron chi connectivity index (χ1n) is 8.26. The van der Waals surface area contributed by atoms with Gasteiger partial charge < -0.3 is 19.5 Å². The third-order valence-electron chi connectivity index (χ3n) is 4.16. The molecular formula is C16H28BNO5. The summed E-state index contributed by atoms with van der Waals surface area (Å²) in [7, 11) is 7.53. The van der Waals surface area contributed by atoms with Gasteiger partial charge in [0.15, 0.2) is 6.10 Å². The lowest BCUT2D eigenvalue weighted by Crippen LogP contribution is -2.42. The number of nitrogens with one attached hydrogen (secondary N) is 1. The molecule has 0 spiro atoms. The summed E-state index contributed by atoms with van der Waals surface area (Å²) < 4.78 is 17.2. The molecule has 0 aromatic heterocycles. The fourth-order valence-corrected chi connectivity index (χ4v) is 2.34. The van der Waals surface area contributed by atoms with Crippen LogP contribution in [0, 0.1) is 5.92 Å². The number of ether oxygens (including phenoxy) is 3. The first kappa shape index (κ1) is 20.0. The minimum Gasteiger partial charge on any atom is -0.457 e. The van der Waals surface area contributed by atoms with Crippen molar-refractivity contribution in [3.05, 3.63) is 0 Å². The minimum atomic E-state index is -0.627. The summed E-state index contributed by atoms with van der Waals surface area (Å²) in [5.41, 5.74) is 0. The molecule has 1 saturated heterocycles. The van der Waals surface area contributed by atoms with E-state index in [0.29, 0.717) is 12.3 Å². The molecule has 1 amide bonds. The van der Waals surface area contributed by atoms with Crippen molar-refractivity contribution >= 4 is 19.7 Å². The molecule has 6 nitrogen and oxygen atoms in total. The number of amides is 1. The minimum absolute atomic E-state index is 0.0221. The molecule has 23 heavy (non-hydrogen) atoms. The number of carbonyl (C=O) groups excluding carboxylic acids is 2. The monoisotopic (exact) mass is 325 g/mol. The van der Waals surface area contributed by atoms with E-state index in [-0.39, 0.29) is 31.0 Å². The van der Waals surface area contributed by atoms with Gasteiger partial charge in [0.25, 0.3) is 0 Å². The predicted octanol–water partition coefficient (Wildman–Crippen LogP) is 1.16. The van der Waals surface area contributed by atoms with Gasteiger partial charge in [-0.1, -0.05) is 20.8 Å². The van der Waals surface area contributed by atoms with E-state index in [1.54, 1.807) is 0 Å². The molecule has 0 bridgehead atoms. The van der Waals surface area contributed by atoms with Gasteiger partial charge in [0, 0.05) is 19.5 Å². The topological polar surface area (TPSA) is 73.9 Å². The number of hydrogen-bond acceptors (Lipinski definition) is 5. The maximum absolute atomic E-state index is 12.0. The Morgan fingerprint density at radius 2 is 1.87 bits per heavy atom. The maximum atomic E-state index is 12.0. The summed E-state index contributed by atoms with van der Waals surface area (Å²) in [6.45, 7) is 8.00. The lowest BCUT2D eigenvalue weighted by atomic mass is 9.92. The lowest BCUT2D eigenvalue weighted by Gasteiger charge is -2.28. The van der Waals surface area contributed by atoms with E-state index in [1.165, 1.54) is 7.05 Å². The average molecular weight is 325 g/mol. The second-order valence-electron chi connectivity index (χ2n) is 6.22. The zero-order valence-electron chi connectivity index (χ0n) is 14.7. The molecule has 1 rings (SSSR count). The Labute approximate surface area is 140 Å². The highest BCUT2D eigenvalue weighted by molar-refractivity contribution is 6.11. The van der Waals surface area contributed by atoms with Gasteiger partial charge in [0.05, 0.1) is 18.6 Å². The number of carbonyl (C=O) groups is 2. The quantitative estimate of drug-likeness (QED) is 0.535. The Balaban J connectivity index is 2.68. The molecule has 0 aliphatic carbocycles. The fraction of sp³-hybridized carbons (Fsp3) is 0.875. The molecule has 0 saturated carbocycles. The zero-order chi connectivity index (χ0) is 17.6. The van der Waals surface area contributed by atoms with Gasteiger partial charge in [-0.2, -0.15) is 0 Å². The molecule has 7 heteroatoms. The van der Waals surface area contributed by atoms with Crippen molar-refractivity contribution in [2.75, 3.05) is 7.05 Å². The summed E-state index contributed by atoms with van der Waals surface area (Å²) in [6, 6.07) is -0.627. The normalized spacial score (nSPS) is 28.6. The highest BCUT2D eigenvalue weighted by Crippen LogP contribution is 2.29. The number of hydrogen-bond donors (Lipinski definition) is 1. The molecular weight excluding hydrogens is 297 g/mol. The summed E-state index contributed by atoms with van der Waals surface area (Å²) in [5.74, 6) is -0.331. The van der Waals surface area contributed by atoms with Gasteiger partial charge in [-0.05, 0) is 19.3 Å². The Morgan fingerprint density at radius 1 is 1.22 bits per heavy atom. The second kappa shape index (κ2) is 9.28. The first-order chi connectivity index (χ1) is 10.8.